The quantitative estimate of drug-likeness (QED) is 0.213. The van der Waals surface area contributed by atoms with E-state index in [1.54, 1.807) is 48.5 Å². The van der Waals surface area contributed by atoms with Gasteiger partial charge in [0.25, 0.3) is 11.1 Å². The summed E-state index contributed by atoms with van der Waals surface area (Å²) in [4.78, 5) is 39.0. The van der Waals surface area contributed by atoms with Gasteiger partial charge in [0.1, 0.15) is 5.75 Å². The van der Waals surface area contributed by atoms with Gasteiger partial charge in [0.15, 0.2) is 0 Å². The van der Waals surface area contributed by atoms with Crippen molar-refractivity contribution in [2.24, 2.45) is 0 Å². The van der Waals surface area contributed by atoms with Crippen LogP contribution in [-0.2, 0) is 11.3 Å². The molecular formula is C24H15BrClNO4S. The van der Waals surface area contributed by atoms with Gasteiger partial charge in [-0.3, -0.25) is 14.5 Å². The summed E-state index contributed by atoms with van der Waals surface area (Å²) < 4.78 is 6.34. The first-order chi connectivity index (χ1) is 15.4. The number of amides is 2. The van der Waals surface area contributed by atoms with Crippen LogP contribution in [0.1, 0.15) is 21.5 Å². The fraction of sp³-hybridized carbons (Fsp3) is 0.0417. The number of carbonyl (C=O) groups excluding carboxylic acids is 3. The number of thioether (sulfide) groups is 1. The Balaban J connectivity index is 1.49. The van der Waals surface area contributed by atoms with Crippen molar-refractivity contribution >= 4 is 62.5 Å². The number of nitrogens with zero attached hydrogens (tertiary/aromatic N) is 1. The number of benzene rings is 3. The SMILES string of the molecule is O=C(Oc1cccc(/C=C2\SC(=O)N(Cc3ccc(Br)cc3)C2=O)c1)c1cccc(Cl)c1. The second-order valence-corrected chi connectivity index (χ2v) is 9.21. The van der Waals surface area contributed by atoms with Gasteiger partial charge < -0.3 is 4.74 Å². The van der Waals surface area contributed by atoms with E-state index in [0.717, 1.165) is 21.8 Å². The van der Waals surface area contributed by atoms with Crippen molar-refractivity contribution < 1.29 is 19.1 Å². The van der Waals surface area contributed by atoms with Crippen LogP contribution in [0.2, 0.25) is 5.02 Å². The summed E-state index contributed by atoms with van der Waals surface area (Å²) in [6, 6.07) is 20.6. The van der Waals surface area contributed by atoms with E-state index in [1.165, 1.54) is 11.0 Å². The third kappa shape index (κ3) is 5.30. The maximum atomic E-state index is 12.8. The lowest BCUT2D eigenvalue weighted by atomic mass is 10.2. The Morgan fingerprint density at radius 3 is 2.53 bits per heavy atom. The lowest BCUT2D eigenvalue weighted by Gasteiger charge is -2.12. The molecule has 1 heterocycles. The van der Waals surface area contributed by atoms with E-state index in [1.807, 2.05) is 24.3 Å². The summed E-state index contributed by atoms with van der Waals surface area (Å²) in [6.07, 6.45) is 1.61. The van der Waals surface area contributed by atoms with E-state index in [4.69, 9.17) is 16.3 Å². The molecule has 0 N–H and O–H groups in total. The molecule has 1 saturated heterocycles. The number of hydrogen-bond donors (Lipinski definition) is 0. The van der Waals surface area contributed by atoms with Gasteiger partial charge in [-0.1, -0.05) is 57.9 Å². The zero-order valence-electron chi connectivity index (χ0n) is 16.5. The van der Waals surface area contributed by atoms with Crippen LogP contribution in [0, 0.1) is 0 Å². The van der Waals surface area contributed by atoms with Crippen LogP contribution in [0.3, 0.4) is 0 Å². The zero-order chi connectivity index (χ0) is 22.7. The van der Waals surface area contributed by atoms with Gasteiger partial charge in [0.05, 0.1) is 17.0 Å². The molecule has 1 aliphatic heterocycles. The number of imide groups is 1. The number of rotatable bonds is 5. The molecule has 0 radical (unpaired) electrons. The first kappa shape index (κ1) is 22.3. The van der Waals surface area contributed by atoms with Crippen molar-refractivity contribution in [3.8, 4) is 5.75 Å². The molecule has 5 nitrogen and oxygen atoms in total. The lowest BCUT2D eigenvalue weighted by Crippen LogP contribution is -2.27. The smallest absolute Gasteiger partial charge is 0.343 e. The van der Waals surface area contributed by atoms with Gasteiger partial charge in [-0.2, -0.15) is 0 Å². The predicted octanol–water partition coefficient (Wildman–Crippen LogP) is 6.56. The molecular weight excluding hydrogens is 514 g/mol. The fourth-order valence-corrected chi connectivity index (χ4v) is 4.30. The van der Waals surface area contributed by atoms with Crippen molar-refractivity contribution in [1.29, 1.82) is 0 Å². The lowest BCUT2D eigenvalue weighted by molar-refractivity contribution is -0.123. The molecule has 0 unspecified atom stereocenters. The van der Waals surface area contributed by atoms with Crippen molar-refractivity contribution in [3.63, 3.8) is 0 Å². The van der Waals surface area contributed by atoms with E-state index < -0.39 is 5.97 Å². The summed E-state index contributed by atoms with van der Waals surface area (Å²) in [5.74, 6) is -0.582. The van der Waals surface area contributed by atoms with Crippen LogP contribution < -0.4 is 4.74 Å². The summed E-state index contributed by atoms with van der Waals surface area (Å²) in [5.41, 5.74) is 1.82. The summed E-state index contributed by atoms with van der Waals surface area (Å²) in [6.45, 7) is 0.201. The molecule has 0 aliphatic carbocycles. The molecule has 4 rings (SSSR count). The molecule has 2 amide bonds. The standard InChI is InChI=1S/C24H15BrClNO4S/c25-18-9-7-15(8-10-18)14-27-22(28)21(32-24(27)30)12-16-3-1-6-20(11-16)31-23(29)17-4-2-5-19(26)13-17/h1-13H,14H2/b21-12-. The largest absolute Gasteiger partial charge is 0.423 e. The van der Waals surface area contributed by atoms with E-state index in [2.05, 4.69) is 15.9 Å². The van der Waals surface area contributed by atoms with Crippen molar-refractivity contribution in [2.45, 2.75) is 6.54 Å². The summed E-state index contributed by atoms with van der Waals surface area (Å²) in [5, 5.41) is 0.111. The monoisotopic (exact) mass is 527 g/mol. The molecule has 0 atom stereocenters. The first-order valence-electron chi connectivity index (χ1n) is 9.47. The fourth-order valence-electron chi connectivity index (χ4n) is 3.01. The highest BCUT2D eigenvalue weighted by Gasteiger charge is 2.35. The van der Waals surface area contributed by atoms with E-state index in [-0.39, 0.29) is 17.7 Å². The molecule has 0 aromatic heterocycles. The number of hydrogen-bond acceptors (Lipinski definition) is 5. The molecule has 3 aromatic carbocycles. The maximum Gasteiger partial charge on any atom is 0.343 e. The third-order valence-electron chi connectivity index (χ3n) is 4.55. The van der Waals surface area contributed by atoms with Crippen molar-refractivity contribution in [1.82, 2.24) is 4.90 Å². The minimum atomic E-state index is -0.542. The summed E-state index contributed by atoms with van der Waals surface area (Å²) in [7, 11) is 0. The zero-order valence-corrected chi connectivity index (χ0v) is 19.6. The Labute approximate surface area is 202 Å². The van der Waals surface area contributed by atoms with Crippen LogP contribution in [0.4, 0.5) is 4.79 Å². The number of carbonyl (C=O) groups is 3. The van der Waals surface area contributed by atoms with Crippen molar-refractivity contribution in [2.75, 3.05) is 0 Å². The van der Waals surface area contributed by atoms with Crippen LogP contribution in [0.15, 0.2) is 82.2 Å². The number of ether oxygens (including phenoxy) is 1. The summed E-state index contributed by atoms with van der Waals surface area (Å²) >= 11 is 10.2. The van der Waals surface area contributed by atoms with Crippen LogP contribution in [-0.4, -0.2) is 22.0 Å². The molecule has 0 spiro atoms. The Bertz CT molecular complexity index is 1240. The van der Waals surface area contributed by atoms with E-state index in [0.29, 0.717) is 26.8 Å². The Morgan fingerprint density at radius 1 is 1.03 bits per heavy atom. The third-order valence-corrected chi connectivity index (χ3v) is 6.23. The molecule has 160 valence electrons. The van der Waals surface area contributed by atoms with E-state index >= 15 is 0 Å². The van der Waals surface area contributed by atoms with Gasteiger partial charge >= 0.3 is 5.97 Å². The highest BCUT2D eigenvalue weighted by atomic mass is 79.9. The molecule has 0 saturated carbocycles. The topological polar surface area (TPSA) is 63.7 Å². The molecule has 1 fully saturated rings. The Morgan fingerprint density at radius 2 is 1.78 bits per heavy atom. The number of halogens is 2. The Kier molecular flexibility index (Phi) is 6.79. The highest BCUT2D eigenvalue weighted by molar-refractivity contribution is 9.10. The molecule has 3 aromatic rings. The second kappa shape index (κ2) is 9.73. The first-order valence-corrected chi connectivity index (χ1v) is 11.5. The predicted molar refractivity (Wildman–Crippen MR) is 129 cm³/mol. The normalized spacial score (nSPS) is 14.8. The van der Waals surface area contributed by atoms with Gasteiger partial charge in [0.2, 0.25) is 0 Å². The molecule has 32 heavy (non-hydrogen) atoms. The average molecular weight is 529 g/mol. The van der Waals surface area contributed by atoms with E-state index in [9.17, 15) is 14.4 Å². The van der Waals surface area contributed by atoms with Gasteiger partial charge in [0, 0.05) is 9.50 Å². The van der Waals surface area contributed by atoms with Crippen LogP contribution >= 0.6 is 39.3 Å². The second-order valence-electron chi connectivity index (χ2n) is 6.87. The maximum absolute atomic E-state index is 12.8. The van der Waals surface area contributed by atoms with Crippen LogP contribution in [0.5, 0.6) is 5.75 Å². The van der Waals surface area contributed by atoms with Crippen LogP contribution in [0.25, 0.3) is 6.08 Å². The van der Waals surface area contributed by atoms with Gasteiger partial charge in [-0.15, -0.1) is 0 Å². The highest BCUT2D eigenvalue weighted by Crippen LogP contribution is 2.34. The minimum absolute atomic E-state index is 0.201. The molecule has 0 bridgehead atoms. The van der Waals surface area contributed by atoms with Crippen molar-refractivity contribution in [3.05, 3.63) is 104 Å². The van der Waals surface area contributed by atoms with Gasteiger partial charge in [-0.25, -0.2) is 4.79 Å². The molecule has 1 aliphatic rings. The van der Waals surface area contributed by atoms with Gasteiger partial charge in [-0.05, 0) is 71.4 Å². The average Bonchev–Trinajstić information content (AvgIpc) is 3.03. The Hall–Kier alpha value is -2.87. The minimum Gasteiger partial charge on any atom is -0.423 e. The molecule has 8 heteroatoms. The number of esters is 1.